The highest BCUT2D eigenvalue weighted by atomic mass is 16.4. The van der Waals surface area contributed by atoms with Crippen LogP contribution in [0.3, 0.4) is 0 Å². The highest BCUT2D eigenvalue weighted by molar-refractivity contribution is 5.81. The molecule has 0 saturated carbocycles. The standard InChI is InChI=1S/C15H8N6O2/c16-20-17-10-6-5-9-7-13(15(22)23-14(9)8-10)21-18-11-3-1-2-4-12(11)19-21/h1-8H. The van der Waals surface area contributed by atoms with Gasteiger partial charge in [-0.1, -0.05) is 29.4 Å². The molecule has 0 radical (unpaired) electrons. The van der Waals surface area contributed by atoms with Crippen molar-refractivity contribution in [2.24, 2.45) is 5.11 Å². The predicted octanol–water partition coefficient (Wildman–Crippen LogP) is 3.47. The summed E-state index contributed by atoms with van der Waals surface area (Å²) >= 11 is 0. The van der Waals surface area contributed by atoms with E-state index in [1.807, 2.05) is 24.3 Å². The summed E-state index contributed by atoms with van der Waals surface area (Å²) in [6.45, 7) is 0. The maximum Gasteiger partial charge on any atom is 0.364 e. The zero-order chi connectivity index (χ0) is 15.8. The molecule has 4 rings (SSSR count). The van der Waals surface area contributed by atoms with E-state index in [1.54, 1.807) is 18.2 Å². The Balaban J connectivity index is 1.93. The van der Waals surface area contributed by atoms with Crippen LogP contribution < -0.4 is 5.63 Å². The number of rotatable bonds is 2. The van der Waals surface area contributed by atoms with Crippen molar-refractivity contribution in [1.29, 1.82) is 0 Å². The molecule has 8 heteroatoms. The Hall–Kier alpha value is -3.64. The van der Waals surface area contributed by atoms with Crippen LogP contribution >= 0.6 is 0 Å². The van der Waals surface area contributed by atoms with Crippen molar-refractivity contribution in [3.8, 4) is 5.69 Å². The summed E-state index contributed by atoms with van der Waals surface area (Å²) in [6, 6.07) is 13.8. The van der Waals surface area contributed by atoms with Crippen molar-refractivity contribution in [3.05, 3.63) is 69.4 Å². The van der Waals surface area contributed by atoms with E-state index in [9.17, 15) is 4.79 Å². The number of nitrogens with zero attached hydrogens (tertiary/aromatic N) is 6. The molecule has 0 aliphatic heterocycles. The van der Waals surface area contributed by atoms with Crippen LogP contribution in [0.1, 0.15) is 0 Å². The quantitative estimate of drug-likeness (QED) is 0.244. The van der Waals surface area contributed by atoms with Crippen LogP contribution in [0.2, 0.25) is 0 Å². The first-order chi connectivity index (χ1) is 11.2. The highest BCUT2D eigenvalue weighted by Crippen LogP contribution is 2.22. The van der Waals surface area contributed by atoms with Crippen LogP contribution in [0.15, 0.2) is 62.9 Å². The molecule has 0 aliphatic rings. The van der Waals surface area contributed by atoms with E-state index in [4.69, 9.17) is 9.95 Å². The maximum atomic E-state index is 12.2. The van der Waals surface area contributed by atoms with Gasteiger partial charge in [0.05, 0.1) is 0 Å². The third-order valence-corrected chi connectivity index (χ3v) is 3.36. The van der Waals surface area contributed by atoms with Gasteiger partial charge in [0, 0.05) is 16.0 Å². The van der Waals surface area contributed by atoms with Crippen molar-refractivity contribution in [3.63, 3.8) is 0 Å². The lowest BCUT2D eigenvalue weighted by molar-refractivity contribution is 0.546. The smallest absolute Gasteiger partial charge is 0.364 e. The molecule has 0 N–H and O–H groups in total. The van der Waals surface area contributed by atoms with E-state index >= 15 is 0 Å². The number of hydrogen-bond acceptors (Lipinski definition) is 5. The van der Waals surface area contributed by atoms with E-state index in [2.05, 4.69) is 20.2 Å². The Morgan fingerprint density at radius 2 is 1.83 bits per heavy atom. The molecule has 110 valence electrons. The summed E-state index contributed by atoms with van der Waals surface area (Å²) in [6.07, 6.45) is 0. The second kappa shape index (κ2) is 4.97. The molecule has 0 fully saturated rings. The molecule has 0 atom stereocenters. The first-order valence-corrected chi connectivity index (χ1v) is 6.70. The fourth-order valence-corrected chi connectivity index (χ4v) is 2.31. The molecule has 2 heterocycles. The lowest BCUT2D eigenvalue weighted by atomic mass is 10.2. The van der Waals surface area contributed by atoms with Gasteiger partial charge in [-0.2, -0.15) is 0 Å². The number of benzene rings is 2. The van der Waals surface area contributed by atoms with Crippen LogP contribution in [0, 0.1) is 0 Å². The molecule has 8 nitrogen and oxygen atoms in total. The molecule has 2 aromatic carbocycles. The molecule has 0 saturated heterocycles. The minimum atomic E-state index is -0.573. The third-order valence-electron chi connectivity index (χ3n) is 3.36. The average Bonchev–Trinajstić information content (AvgIpc) is 2.98. The van der Waals surface area contributed by atoms with Gasteiger partial charge in [-0.3, -0.25) is 0 Å². The van der Waals surface area contributed by atoms with Crippen molar-refractivity contribution in [2.45, 2.75) is 0 Å². The zero-order valence-corrected chi connectivity index (χ0v) is 11.6. The van der Waals surface area contributed by atoms with Gasteiger partial charge >= 0.3 is 5.63 Å². The van der Waals surface area contributed by atoms with Gasteiger partial charge in [0.2, 0.25) is 0 Å². The summed E-state index contributed by atoms with van der Waals surface area (Å²) in [4.78, 5) is 16.2. The molecular formula is C15H8N6O2. The SMILES string of the molecule is [N-]=[N+]=Nc1ccc2cc(-n3nc4ccccc4n3)c(=O)oc2c1. The predicted molar refractivity (Wildman–Crippen MR) is 83.7 cm³/mol. The summed E-state index contributed by atoms with van der Waals surface area (Å²) in [7, 11) is 0. The van der Waals surface area contributed by atoms with E-state index < -0.39 is 5.63 Å². The van der Waals surface area contributed by atoms with Crippen LogP contribution in [-0.4, -0.2) is 15.0 Å². The van der Waals surface area contributed by atoms with E-state index in [0.29, 0.717) is 27.7 Å². The Kier molecular flexibility index (Phi) is 2.82. The van der Waals surface area contributed by atoms with Crippen LogP contribution in [0.5, 0.6) is 0 Å². The highest BCUT2D eigenvalue weighted by Gasteiger charge is 2.11. The first kappa shape index (κ1) is 13.1. The zero-order valence-electron chi connectivity index (χ0n) is 11.6. The van der Waals surface area contributed by atoms with Crippen molar-refractivity contribution in [1.82, 2.24) is 15.0 Å². The molecule has 0 amide bonds. The van der Waals surface area contributed by atoms with Crippen molar-refractivity contribution >= 4 is 27.7 Å². The summed E-state index contributed by atoms with van der Waals surface area (Å²) in [5.74, 6) is 0. The fraction of sp³-hybridized carbons (Fsp3) is 0. The van der Waals surface area contributed by atoms with Crippen LogP contribution in [0.4, 0.5) is 5.69 Å². The van der Waals surface area contributed by atoms with Gasteiger partial charge in [-0.05, 0) is 29.8 Å². The maximum absolute atomic E-state index is 12.2. The number of azide groups is 1. The first-order valence-electron chi connectivity index (χ1n) is 6.70. The monoisotopic (exact) mass is 304 g/mol. The van der Waals surface area contributed by atoms with Gasteiger partial charge in [0.15, 0.2) is 5.69 Å². The molecule has 4 aromatic rings. The molecule has 0 spiro atoms. The Bertz CT molecular complexity index is 1120. The Labute approximate surface area is 128 Å². The molecule has 0 aliphatic carbocycles. The second-order valence-corrected chi connectivity index (χ2v) is 4.81. The second-order valence-electron chi connectivity index (χ2n) is 4.81. The van der Waals surface area contributed by atoms with E-state index in [1.165, 1.54) is 10.9 Å². The van der Waals surface area contributed by atoms with Crippen molar-refractivity contribution in [2.75, 3.05) is 0 Å². The molecule has 0 bridgehead atoms. The topological polar surface area (TPSA) is 110 Å². The average molecular weight is 304 g/mol. The fourth-order valence-electron chi connectivity index (χ4n) is 2.31. The summed E-state index contributed by atoms with van der Waals surface area (Å²) in [5, 5.41) is 12.7. The van der Waals surface area contributed by atoms with E-state index in [0.717, 1.165) is 0 Å². The Morgan fingerprint density at radius 1 is 1.09 bits per heavy atom. The van der Waals surface area contributed by atoms with Gasteiger partial charge in [0.25, 0.3) is 0 Å². The van der Waals surface area contributed by atoms with E-state index in [-0.39, 0.29) is 5.69 Å². The van der Waals surface area contributed by atoms with Gasteiger partial charge in [0.1, 0.15) is 16.6 Å². The molecule has 2 aromatic heterocycles. The van der Waals surface area contributed by atoms with Crippen LogP contribution in [0.25, 0.3) is 38.1 Å². The largest absolute Gasteiger partial charge is 0.421 e. The third kappa shape index (κ3) is 2.19. The number of hydrogen-bond donors (Lipinski definition) is 0. The van der Waals surface area contributed by atoms with Gasteiger partial charge in [-0.25, -0.2) is 4.79 Å². The Morgan fingerprint density at radius 3 is 2.52 bits per heavy atom. The summed E-state index contributed by atoms with van der Waals surface area (Å²) in [5.41, 5.74) is 10.2. The van der Waals surface area contributed by atoms with Gasteiger partial charge in [-0.15, -0.1) is 15.0 Å². The summed E-state index contributed by atoms with van der Waals surface area (Å²) < 4.78 is 5.29. The van der Waals surface area contributed by atoms with Crippen LogP contribution in [-0.2, 0) is 0 Å². The lowest BCUT2D eigenvalue weighted by Crippen LogP contribution is -2.12. The number of aromatic nitrogens is 3. The van der Waals surface area contributed by atoms with Crippen molar-refractivity contribution < 1.29 is 4.42 Å². The lowest BCUT2D eigenvalue weighted by Gasteiger charge is -2.01. The molecular weight excluding hydrogens is 296 g/mol. The molecule has 23 heavy (non-hydrogen) atoms. The minimum Gasteiger partial charge on any atom is -0.421 e. The van der Waals surface area contributed by atoms with Gasteiger partial charge < -0.3 is 4.42 Å². The number of fused-ring (bicyclic) bond motifs is 2. The minimum absolute atomic E-state index is 0.213. The normalized spacial score (nSPS) is 10.8. The molecule has 0 unspecified atom stereocenters.